The van der Waals surface area contributed by atoms with Crippen LogP contribution in [-0.2, 0) is 4.74 Å². The molecule has 0 aromatic heterocycles. The molecular weight excluding hydrogens is 322 g/mol. The van der Waals surface area contributed by atoms with Crippen LogP contribution in [0.1, 0.15) is 72.9 Å². The van der Waals surface area contributed by atoms with Crippen molar-refractivity contribution < 1.29 is 9.53 Å². The largest absolute Gasteiger partial charge is 0.465 e. The van der Waals surface area contributed by atoms with Crippen molar-refractivity contribution in [1.29, 1.82) is 0 Å². The first kappa shape index (κ1) is 17.1. The highest BCUT2D eigenvalue weighted by molar-refractivity contribution is 5.89. The van der Waals surface area contributed by atoms with Gasteiger partial charge in [-0.15, -0.1) is 0 Å². The van der Waals surface area contributed by atoms with Crippen molar-refractivity contribution in [3.63, 3.8) is 0 Å². The molecule has 3 nitrogen and oxygen atoms in total. The molecule has 0 N–H and O–H groups in total. The summed E-state index contributed by atoms with van der Waals surface area (Å²) < 4.78 is 4.81. The predicted molar refractivity (Wildman–Crippen MR) is 105 cm³/mol. The molecule has 0 radical (unpaired) electrons. The third-order valence-corrected chi connectivity index (χ3v) is 5.42. The first-order valence-corrected chi connectivity index (χ1v) is 9.69. The molecule has 2 aromatic carbocycles. The number of ether oxygens (including phenoxy) is 1. The number of benzene rings is 2. The summed E-state index contributed by atoms with van der Waals surface area (Å²) in [7, 11) is 1.42. The normalized spacial score (nSPS) is 16.6. The van der Waals surface area contributed by atoms with E-state index in [1.54, 1.807) is 0 Å². The molecule has 2 aliphatic rings. The fourth-order valence-electron chi connectivity index (χ4n) is 3.72. The Kier molecular flexibility index (Phi) is 4.47. The number of methoxy groups -OCH3 is 1. The molecule has 26 heavy (non-hydrogen) atoms. The van der Waals surface area contributed by atoms with Crippen LogP contribution in [0.2, 0.25) is 0 Å². The summed E-state index contributed by atoms with van der Waals surface area (Å²) in [5.74, 6) is 1.21. The molecule has 0 amide bonds. The summed E-state index contributed by atoms with van der Waals surface area (Å²) in [5, 5.41) is 0. The van der Waals surface area contributed by atoms with E-state index in [2.05, 4.69) is 36.9 Å². The zero-order chi connectivity index (χ0) is 18.3. The van der Waals surface area contributed by atoms with Crippen LogP contribution in [0, 0.1) is 0 Å². The number of esters is 1. The van der Waals surface area contributed by atoms with E-state index in [0.29, 0.717) is 11.6 Å². The lowest BCUT2D eigenvalue weighted by atomic mass is 10.0. The molecule has 0 spiro atoms. The van der Waals surface area contributed by atoms with E-state index < -0.39 is 0 Å². The molecule has 2 saturated carbocycles. The van der Waals surface area contributed by atoms with Gasteiger partial charge in [0.25, 0.3) is 0 Å². The molecule has 2 fully saturated rings. The van der Waals surface area contributed by atoms with E-state index >= 15 is 0 Å². The van der Waals surface area contributed by atoms with Crippen LogP contribution in [0.15, 0.2) is 42.5 Å². The average Bonchev–Trinajstić information content (AvgIpc) is 3.53. The van der Waals surface area contributed by atoms with Gasteiger partial charge in [0.2, 0.25) is 0 Å². The van der Waals surface area contributed by atoms with Gasteiger partial charge < -0.3 is 9.64 Å². The van der Waals surface area contributed by atoms with E-state index in [0.717, 1.165) is 17.5 Å². The predicted octanol–water partition coefficient (Wildman–Crippen LogP) is 5.77. The quantitative estimate of drug-likeness (QED) is 0.620. The highest BCUT2D eigenvalue weighted by Gasteiger charge is 2.29. The van der Waals surface area contributed by atoms with Crippen LogP contribution < -0.4 is 4.90 Å². The van der Waals surface area contributed by atoms with Crippen LogP contribution in [0.25, 0.3) is 0 Å². The van der Waals surface area contributed by atoms with Gasteiger partial charge in [0.05, 0.1) is 12.7 Å². The average molecular weight is 349 g/mol. The van der Waals surface area contributed by atoms with Gasteiger partial charge in [-0.25, -0.2) is 4.79 Å². The van der Waals surface area contributed by atoms with Crippen LogP contribution in [0.3, 0.4) is 0 Å². The molecule has 3 heteroatoms. The van der Waals surface area contributed by atoms with Gasteiger partial charge in [-0.05, 0) is 98.9 Å². The third kappa shape index (κ3) is 3.48. The summed E-state index contributed by atoms with van der Waals surface area (Å²) in [4.78, 5) is 14.1. The van der Waals surface area contributed by atoms with Crippen molar-refractivity contribution in [3.8, 4) is 0 Å². The third-order valence-electron chi connectivity index (χ3n) is 5.42. The smallest absolute Gasteiger partial charge is 0.337 e. The highest BCUT2D eigenvalue weighted by atomic mass is 16.5. The van der Waals surface area contributed by atoms with E-state index in [9.17, 15) is 4.79 Å². The number of carbonyl (C=O) groups excluding carboxylic acids is 1. The first-order chi connectivity index (χ1) is 12.6. The number of hydrogen-bond acceptors (Lipinski definition) is 3. The Morgan fingerprint density at radius 2 is 1.46 bits per heavy atom. The Morgan fingerprint density at radius 3 is 1.88 bits per heavy atom. The molecular formula is C23H27NO2. The Balaban J connectivity index is 1.71. The van der Waals surface area contributed by atoms with Crippen molar-refractivity contribution in [2.45, 2.75) is 57.4 Å². The molecule has 4 rings (SSSR count). The van der Waals surface area contributed by atoms with Crippen molar-refractivity contribution in [2.24, 2.45) is 0 Å². The van der Waals surface area contributed by atoms with Gasteiger partial charge in [-0.3, -0.25) is 0 Å². The number of anilines is 2. The Morgan fingerprint density at radius 1 is 0.923 bits per heavy atom. The maximum absolute atomic E-state index is 11.7. The van der Waals surface area contributed by atoms with Crippen LogP contribution in [0.4, 0.5) is 11.4 Å². The molecule has 0 heterocycles. The van der Waals surface area contributed by atoms with Gasteiger partial charge in [-0.1, -0.05) is 6.07 Å². The van der Waals surface area contributed by atoms with E-state index in [4.69, 9.17) is 4.74 Å². The lowest BCUT2D eigenvalue weighted by Gasteiger charge is -2.30. The lowest BCUT2D eigenvalue weighted by Crippen LogP contribution is -2.25. The van der Waals surface area contributed by atoms with Gasteiger partial charge >= 0.3 is 5.97 Å². The Hall–Kier alpha value is -2.29. The van der Waals surface area contributed by atoms with Gasteiger partial charge in [0.1, 0.15) is 0 Å². The van der Waals surface area contributed by atoms with Crippen molar-refractivity contribution in [1.82, 2.24) is 0 Å². The second-order valence-corrected chi connectivity index (χ2v) is 7.91. The second kappa shape index (κ2) is 6.79. The number of carbonyl (C=O) groups is 1. The number of nitrogens with zero attached hydrogens (tertiary/aromatic N) is 1. The summed E-state index contributed by atoms with van der Waals surface area (Å²) in [6.07, 6.45) is 5.29. The molecule has 0 atom stereocenters. The summed E-state index contributed by atoms with van der Waals surface area (Å²) >= 11 is 0. The van der Waals surface area contributed by atoms with E-state index in [1.165, 1.54) is 49.6 Å². The monoisotopic (exact) mass is 349 g/mol. The Labute approximate surface area is 156 Å². The molecule has 2 aromatic rings. The first-order valence-electron chi connectivity index (χ1n) is 9.69. The fraction of sp³-hybridized carbons (Fsp3) is 0.435. The maximum Gasteiger partial charge on any atom is 0.337 e. The van der Waals surface area contributed by atoms with Crippen molar-refractivity contribution in [2.75, 3.05) is 12.0 Å². The SMILES string of the molecule is COC(=O)c1ccc(N(c2cc(C3CC3)cc(C3CC3)c2)C(C)C)cc1. The summed E-state index contributed by atoms with van der Waals surface area (Å²) in [5.41, 5.74) is 5.98. The zero-order valence-corrected chi connectivity index (χ0v) is 15.9. The minimum Gasteiger partial charge on any atom is -0.465 e. The minimum atomic E-state index is -0.292. The molecule has 0 bridgehead atoms. The number of rotatable bonds is 6. The van der Waals surface area contributed by atoms with Crippen LogP contribution in [0.5, 0.6) is 0 Å². The molecule has 2 aliphatic carbocycles. The van der Waals surface area contributed by atoms with Gasteiger partial charge in [0, 0.05) is 17.4 Å². The molecule has 0 saturated heterocycles. The molecule has 0 aliphatic heterocycles. The van der Waals surface area contributed by atoms with E-state index in [1.807, 2.05) is 24.3 Å². The molecule has 136 valence electrons. The summed E-state index contributed by atoms with van der Waals surface area (Å²) in [6, 6.07) is 15.3. The van der Waals surface area contributed by atoms with Gasteiger partial charge in [0.15, 0.2) is 0 Å². The summed E-state index contributed by atoms with van der Waals surface area (Å²) in [6.45, 7) is 4.43. The fourth-order valence-corrected chi connectivity index (χ4v) is 3.72. The molecule has 0 unspecified atom stereocenters. The second-order valence-electron chi connectivity index (χ2n) is 7.91. The maximum atomic E-state index is 11.7. The zero-order valence-electron chi connectivity index (χ0n) is 15.9. The Bertz CT molecular complexity index is 771. The lowest BCUT2D eigenvalue weighted by molar-refractivity contribution is 0.0601. The topological polar surface area (TPSA) is 29.5 Å². The van der Waals surface area contributed by atoms with Crippen LogP contribution in [-0.4, -0.2) is 19.1 Å². The highest BCUT2D eigenvalue weighted by Crippen LogP contribution is 2.47. The van der Waals surface area contributed by atoms with Crippen molar-refractivity contribution in [3.05, 3.63) is 59.2 Å². The standard InChI is InChI=1S/C23H27NO2/c1-15(2)24(21-10-8-18(9-11-21)23(25)26-3)22-13-19(16-4-5-16)12-20(14-22)17-6-7-17/h8-17H,4-7H2,1-3H3. The van der Waals surface area contributed by atoms with Crippen molar-refractivity contribution >= 4 is 17.3 Å². The van der Waals surface area contributed by atoms with Gasteiger partial charge in [-0.2, -0.15) is 0 Å². The minimum absolute atomic E-state index is 0.292. The number of hydrogen-bond donors (Lipinski definition) is 0. The van der Waals surface area contributed by atoms with E-state index in [-0.39, 0.29) is 5.97 Å². The van der Waals surface area contributed by atoms with Crippen LogP contribution >= 0.6 is 0 Å².